The number of hydrogen-bond donors (Lipinski definition) is 2. The molecule has 0 fully saturated rings. The fourth-order valence-corrected chi connectivity index (χ4v) is 5.94. The summed E-state index contributed by atoms with van der Waals surface area (Å²) in [5.41, 5.74) is 5.56. The summed E-state index contributed by atoms with van der Waals surface area (Å²) in [5.74, 6) is -0.337. The van der Waals surface area contributed by atoms with E-state index in [2.05, 4.69) is 24.4 Å². The highest BCUT2D eigenvalue weighted by Gasteiger charge is 2.30. The van der Waals surface area contributed by atoms with Gasteiger partial charge in [0.15, 0.2) is 5.76 Å². The van der Waals surface area contributed by atoms with Crippen LogP contribution >= 0.6 is 11.3 Å². The van der Waals surface area contributed by atoms with Crippen molar-refractivity contribution in [2.75, 3.05) is 31.7 Å². The zero-order valence-electron chi connectivity index (χ0n) is 22.5. The zero-order chi connectivity index (χ0) is 28.2. The Kier molecular flexibility index (Phi) is 8.11. The Labute approximate surface area is 241 Å². The molecule has 0 radical (unpaired) electrons. The highest BCUT2D eigenvalue weighted by molar-refractivity contribution is 7.21. The first-order valence-electron chi connectivity index (χ1n) is 13.5. The molecular weight excluding hydrogens is 540 g/mol. The van der Waals surface area contributed by atoms with Crippen molar-refractivity contribution in [3.8, 4) is 10.6 Å². The Morgan fingerprint density at radius 3 is 2.80 bits per heavy atom. The van der Waals surface area contributed by atoms with Crippen LogP contribution in [0.2, 0.25) is 0 Å². The number of nitrogens with one attached hydrogen (secondary N) is 1. The predicted molar refractivity (Wildman–Crippen MR) is 159 cm³/mol. The number of nitrogens with zero attached hydrogens (tertiary/aromatic N) is 1. The Bertz CT molecular complexity index is 1690. The van der Waals surface area contributed by atoms with Crippen molar-refractivity contribution in [2.24, 2.45) is 0 Å². The van der Waals surface area contributed by atoms with Crippen LogP contribution in [-0.4, -0.2) is 48.7 Å². The zero-order valence-corrected chi connectivity index (χ0v) is 23.4. The monoisotopic (exact) mass is 570 g/mol. The lowest BCUT2D eigenvalue weighted by Crippen LogP contribution is -2.30. The molecule has 5 aromatic rings. The molecule has 9 heteroatoms. The van der Waals surface area contributed by atoms with Crippen molar-refractivity contribution in [2.45, 2.75) is 25.6 Å². The number of allylic oxidation sites excluding steroid dienone is 1. The van der Waals surface area contributed by atoms with Crippen molar-refractivity contribution in [3.05, 3.63) is 96.0 Å². The summed E-state index contributed by atoms with van der Waals surface area (Å²) in [7, 11) is 0. The molecule has 0 spiro atoms. The minimum absolute atomic E-state index is 0.0517. The summed E-state index contributed by atoms with van der Waals surface area (Å²) in [6.45, 7) is 2.84. The second-order valence-corrected chi connectivity index (χ2v) is 10.9. The summed E-state index contributed by atoms with van der Waals surface area (Å²) in [5, 5.41) is 13.8. The van der Waals surface area contributed by atoms with Gasteiger partial charge < -0.3 is 29.1 Å². The molecule has 1 aliphatic heterocycles. The molecular formula is C32H30N2O6S. The highest BCUT2D eigenvalue weighted by Crippen LogP contribution is 2.37. The van der Waals surface area contributed by atoms with Crippen molar-refractivity contribution in [3.63, 3.8) is 0 Å². The number of aliphatic hydroxyl groups excluding tert-OH is 1. The Morgan fingerprint density at radius 1 is 1.10 bits per heavy atom. The number of furan rings is 1. The van der Waals surface area contributed by atoms with E-state index in [1.165, 1.54) is 5.56 Å². The SMILES string of the molecule is Cc1ccc2nc(-c3ccc(NC(=O)C4=C[C@@H](c5coc6ccccc56)C[C@@H](OCCOCCO)O4)cc3)sc2c1. The first-order valence-corrected chi connectivity index (χ1v) is 14.3. The molecule has 2 aromatic heterocycles. The third-order valence-electron chi connectivity index (χ3n) is 6.89. The molecule has 210 valence electrons. The van der Waals surface area contributed by atoms with Crippen LogP contribution in [0.1, 0.15) is 23.5 Å². The van der Waals surface area contributed by atoms with Gasteiger partial charge in [-0.2, -0.15) is 0 Å². The van der Waals surface area contributed by atoms with Crippen LogP contribution in [0.25, 0.3) is 31.8 Å². The molecule has 0 saturated heterocycles. The fraction of sp³-hybridized carbons (Fsp3) is 0.250. The van der Waals surface area contributed by atoms with Crippen LogP contribution in [-0.2, 0) is 19.0 Å². The number of carbonyl (C=O) groups excluding carboxylic acids is 1. The standard InChI is InChI=1S/C32H30N2O6S/c1-20-6-11-26-29(16-20)41-32(34-26)21-7-9-23(10-8-21)33-31(36)28-17-22(18-30(40-28)38-15-14-37-13-12-35)25-19-39-27-5-3-2-4-24(25)27/h2-11,16-17,19,22,30,35H,12-15,18H2,1H3,(H,33,36)/t22-,30+/m1/s1. The maximum atomic E-state index is 13.4. The average Bonchev–Trinajstić information content (AvgIpc) is 3.61. The fourth-order valence-electron chi connectivity index (χ4n) is 4.87. The summed E-state index contributed by atoms with van der Waals surface area (Å²) in [4.78, 5) is 18.1. The molecule has 3 aromatic carbocycles. The molecule has 1 amide bonds. The molecule has 2 N–H and O–H groups in total. The number of rotatable bonds is 10. The van der Waals surface area contributed by atoms with Crippen LogP contribution in [0.3, 0.4) is 0 Å². The summed E-state index contributed by atoms with van der Waals surface area (Å²) in [6.07, 6.45) is 3.42. The number of aromatic nitrogens is 1. The van der Waals surface area contributed by atoms with E-state index in [-0.39, 0.29) is 37.4 Å². The number of para-hydroxylation sites is 1. The predicted octanol–water partition coefficient (Wildman–Crippen LogP) is 6.40. The van der Waals surface area contributed by atoms with Crippen LogP contribution < -0.4 is 5.32 Å². The molecule has 6 rings (SSSR count). The van der Waals surface area contributed by atoms with Crippen LogP contribution in [0.4, 0.5) is 5.69 Å². The van der Waals surface area contributed by atoms with E-state index in [1.54, 1.807) is 17.6 Å². The van der Waals surface area contributed by atoms with Crippen molar-refractivity contribution < 1.29 is 28.5 Å². The van der Waals surface area contributed by atoms with Crippen LogP contribution in [0, 0.1) is 6.92 Å². The highest BCUT2D eigenvalue weighted by atomic mass is 32.1. The second kappa shape index (κ2) is 12.2. The van der Waals surface area contributed by atoms with E-state index in [0.717, 1.165) is 37.3 Å². The van der Waals surface area contributed by atoms with Gasteiger partial charge in [-0.1, -0.05) is 24.3 Å². The largest absolute Gasteiger partial charge is 0.464 e. The van der Waals surface area contributed by atoms with E-state index in [4.69, 9.17) is 28.7 Å². The molecule has 1 aliphatic rings. The van der Waals surface area contributed by atoms with Gasteiger partial charge >= 0.3 is 0 Å². The Hall–Kier alpha value is -4.02. The molecule has 0 unspecified atom stereocenters. The summed E-state index contributed by atoms with van der Waals surface area (Å²) in [6, 6.07) is 21.7. The van der Waals surface area contributed by atoms with Gasteiger partial charge in [0.1, 0.15) is 10.6 Å². The maximum Gasteiger partial charge on any atom is 0.290 e. The minimum Gasteiger partial charge on any atom is -0.464 e. The first-order chi connectivity index (χ1) is 20.1. The van der Waals surface area contributed by atoms with Gasteiger partial charge in [0.05, 0.1) is 42.9 Å². The maximum absolute atomic E-state index is 13.4. The topological polar surface area (TPSA) is 103 Å². The number of hydrogen-bond acceptors (Lipinski definition) is 8. The van der Waals surface area contributed by atoms with Gasteiger partial charge in [-0.25, -0.2) is 4.98 Å². The smallest absolute Gasteiger partial charge is 0.290 e. The van der Waals surface area contributed by atoms with Gasteiger partial charge in [-0.15, -0.1) is 11.3 Å². The number of ether oxygens (including phenoxy) is 3. The number of anilines is 1. The van der Waals surface area contributed by atoms with Gasteiger partial charge in [0.2, 0.25) is 6.29 Å². The van der Waals surface area contributed by atoms with Crippen molar-refractivity contribution in [1.82, 2.24) is 4.98 Å². The summed E-state index contributed by atoms with van der Waals surface area (Å²) < 4.78 is 24.1. The first kappa shape index (κ1) is 27.2. The quantitative estimate of drug-likeness (QED) is 0.187. The molecule has 8 nitrogen and oxygen atoms in total. The molecule has 2 atom stereocenters. The number of fused-ring (bicyclic) bond motifs is 2. The number of amides is 1. The second-order valence-electron chi connectivity index (χ2n) is 9.84. The Morgan fingerprint density at radius 2 is 1.95 bits per heavy atom. The van der Waals surface area contributed by atoms with Crippen molar-refractivity contribution >= 4 is 44.1 Å². The van der Waals surface area contributed by atoms with E-state index in [9.17, 15) is 4.79 Å². The van der Waals surface area contributed by atoms with Gasteiger partial charge in [0.25, 0.3) is 5.91 Å². The Balaban J connectivity index is 1.19. The van der Waals surface area contributed by atoms with E-state index >= 15 is 0 Å². The van der Waals surface area contributed by atoms with Crippen molar-refractivity contribution in [1.29, 1.82) is 0 Å². The molecule has 41 heavy (non-hydrogen) atoms. The van der Waals surface area contributed by atoms with Gasteiger partial charge in [-0.3, -0.25) is 4.79 Å². The molecule has 3 heterocycles. The van der Waals surface area contributed by atoms with Crippen LogP contribution in [0.5, 0.6) is 0 Å². The normalized spacial score (nSPS) is 17.0. The number of aliphatic hydroxyl groups is 1. The lowest BCUT2D eigenvalue weighted by Gasteiger charge is -2.29. The lowest BCUT2D eigenvalue weighted by molar-refractivity contribution is -0.148. The minimum atomic E-state index is -0.651. The molecule has 0 aliphatic carbocycles. The van der Waals surface area contributed by atoms with E-state index in [0.29, 0.717) is 18.7 Å². The van der Waals surface area contributed by atoms with E-state index < -0.39 is 6.29 Å². The number of carbonyl (C=O) groups is 1. The van der Waals surface area contributed by atoms with Crippen LogP contribution in [0.15, 0.2) is 89.2 Å². The number of aryl methyl sites for hydroxylation is 1. The molecule has 0 bridgehead atoms. The number of thiazole rings is 1. The van der Waals surface area contributed by atoms with Gasteiger partial charge in [0, 0.05) is 34.5 Å². The summed E-state index contributed by atoms with van der Waals surface area (Å²) >= 11 is 1.65. The average molecular weight is 571 g/mol. The number of benzene rings is 3. The third-order valence-corrected chi connectivity index (χ3v) is 7.96. The third kappa shape index (κ3) is 6.18. The lowest BCUT2D eigenvalue weighted by atomic mass is 9.92. The molecule has 0 saturated carbocycles. The van der Waals surface area contributed by atoms with E-state index in [1.807, 2.05) is 60.7 Å². The van der Waals surface area contributed by atoms with Gasteiger partial charge in [-0.05, 0) is 61.0 Å².